The van der Waals surface area contributed by atoms with Gasteiger partial charge in [-0.1, -0.05) is 53.7 Å². The number of benzene rings is 2. The zero-order valence-electron chi connectivity index (χ0n) is 18.0. The minimum absolute atomic E-state index is 0.269. The van der Waals surface area contributed by atoms with Crippen LogP contribution in [0.1, 0.15) is 30.4 Å². The SMILES string of the molecule is COc1ccccc1-n1c(SC(C#N)Cc2ccc(C)cc2)nnc1N1CCCCC1. The van der Waals surface area contributed by atoms with Crippen LogP contribution in [0.5, 0.6) is 5.75 Å². The molecule has 0 radical (unpaired) electrons. The Bertz CT molecular complexity index is 1050. The van der Waals surface area contributed by atoms with E-state index in [0.717, 1.165) is 48.9 Å². The maximum Gasteiger partial charge on any atom is 0.232 e. The topological polar surface area (TPSA) is 67.0 Å². The summed E-state index contributed by atoms with van der Waals surface area (Å²) in [6.07, 6.45) is 4.19. The molecule has 2 aromatic carbocycles. The van der Waals surface area contributed by atoms with Gasteiger partial charge in [-0.25, -0.2) is 0 Å². The van der Waals surface area contributed by atoms with Crippen molar-refractivity contribution in [1.82, 2.24) is 14.8 Å². The number of thioether (sulfide) groups is 1. The lowest BCUT2D eigenvalue weighted by molar-refractivity contribution is 0.412. The van der Waals surface area contributed by atoms with Crippen molar-refractivity contribution in [1.29, 1.82) is 5.26 Å². The van der Waals surface area contributed by atoms with Crippen LogP contribution < -0.4 is 9.64 Å². The number of aryl methyl sites for hydroxylation is 1. The summed E-state index contributed by atoms with van der Waals surface area (Å²) in [5.74, 6) is 1.58. The third-order valence-corrected chi connectivity index (χ3v) is 6.55. The van der Waals surface area contributed by atoms with E-state index in [9.17, 15) is 5.26 Å². The summed E-state index contributed by atoms with van der Waals surface area (Å²) < 4.78 is 7.69. The van der Waals surface area contributed by atoms with Crippen LogP contribution in [0, 0.1) is 18.3 Å². The molecule has 160 valence electrons. The van der Waals surface area contributed by atoms with E-state index in [-0.39, 0.29) is 5.25 Å². The van der Waals surface area contributed by atoms with Crippen LogP contribution in [0.15, 0.2) is 53.7 Å². The molecule has 1 fully saturated rings. The molecule has 0 saturated carbocycles. The number of anilines is 1. The summed E-state index contributed by atoms with van der Waals surface area (Å²) in [5.41, 5.74) is 3.25. The van der Waals surface area contributed by atoms with Gasteiger partial charge in [0.1, 0.15) is 11.0 Å². The highest BCUT2D eigenvalue weighted by atomic mass is 32.2. The lowest BCUT2D eigenvalue weighted by atomic mass is 10.1. The Labute approximate surface area is 187 Å². The summed E-state index contributed by atoms with van der Waals surface area (Å²) in [6, 6.07) is 18.7. The predicted molar refractivity (Wildman–Crippen MR) is 124 cm³/mol. The Morgan fingerprint density at radius 2 is 1.81 bits per heavy atom. The summed E-state index contributed by atoms with van der Waals surface area (Å²) in [5, 5.41) is 19.4. The highest BCUT2D eigenvalue weighted by molar-refractivity contribution is 8.00. The van der Waals surface area contributed by atoms with Gasteiger partial charge in [-0.3, -0.25) is 4.57 Å². The maximum atomic E-state index is 9.86. The van der Waals surface area contributed by atoms with Gasteiger partial charge in [0.05, 0.1) is 18.9 Å². The average molecular weight is 434 g/mol. The molecule has 0 spiro atoms. The molecule has 1 atom stereocenters. The van der Waals surface area contributed by atoms with Crippen LogP contribution >= 0.6 is 11.8 Å². The van der Waals surface area contributed by atoms with Gasteiger partial charge in [-0.15, -0.1) is 10.2 Å². The molecule has 31 heavy (non-hydrogen) atoms. The number of rotatable bonds is 7. The quantitative estimate of drug-likeness (QED) is 0.499. The van der Waals surface area contributed by atoms with Crippen molar-refractivity contribution in [2.75, 3.05) is 25.1 Å². The third kappa shape index (κ3) is 4.86. The van der Waals surface area contributed by atoms with Gasteiger partial charge in [-0.2, -0.15) is 5.26 Å². The number of nitrogens with zero attached hydrogens (tertiary/aromatic N) is 5. The van der Waals surface area contributed by atoms with E-state index in [1.807, 2.05) is 28.8 Å². The summed E-state index contributed by atoms with van der Waals surface area (Å²) in [4.78, 5) is 2.29. The van der Waals surface area contributed by atoms with Crippen LogP contribution in [0.2, 0.25) is 0 Å². The molecule has 2 heterocycles. The second-order valence-electron chi connectivity index (χ2n) is 7.76. The van der Waals surface area contributed by atoms with Crippen LogP contribution in [-0.4, -0.2) is 40.2 Å². The number of hydrogen-bond donors (Lipinski definition) is 0. The first-order valence-electron chi connectivity index (χ1n) is 10.6. The van der Waals surface area contributed by atoms with E-state index < -0.39 is 0 Å². The van der Waals surface area contributed by atoms with Crippen LogP contribution in [-0.2, 0) is 6.42 Å². The zero-order valence-corrected chi connectivity index (χ0v) is 18.8. The highest BCUT2D eigenvalue weighted by Gasteiger charge is 2.25. The number of ether oxygens (including phenoxy) is 1. The fourth-order valence-electron chi connectivity index (χ4n) is 3.84. The number of piperidine rings is 1. The number of para-hydroxylation sites is 2. The smallest absolute Gasteiger partial charge is 0.232 e. The molecule has 1 aliphatic heterocycles. The highest BCUT2D eigenvalue weighted by Crippen LogP contribution is 2.34. The van der Waals surface area contributed by atoms with Gasteiger partial charge in [0.2, 0.25) is 5.95 Å². The van der Waals surface area contributed by atoms with Crippen molar-refractivity contribution in [3.05, 3.63) is 59.7 Å². The van der Waals surface area contributed by atoms with E-state index in [2.05, 4.69) is 52.4 Å². The normalized spacial score (nSPS) is 14.8. The molecule has 0 amide bonds. The van der Waals surface area contributed by atoms with Crippen molar-refractivity contribution in [2.45, 2.75) is 43.0 Å². The van der Waals surface area contributed by atoms with Crippen LogP contribution in [0.3, 0.4) is 0 Å². The number of nitriles is 1. The van der Waals surface area contributed by atoms with Crippen molar-refractivity contribution in [2.24, 2.45) is 0 Å². The van der Waals surface area contributed by atoms with Crippen LogP contribution in [0.25, 0.3) is 5.69 Å². The zero-order chi connectivity index (χ0) is 21.6. The molecule has 6 nitrogen and oxygen atoms in total. The molecule has 0 aliphatic carbocycles. The first-order valence-corrected chi connectivity index (χ1v) is 11.5. The Morgan fingerprint density at radius 1 is 1.06 bits per heavy atom. The monoisotopic (exact) mass is 433 g/mol. The Hall–Kier alpha value is -2.98. The number of aromatic nitrogens is 3. The first kappa shape index (κ1) is 21.3. The van der Waals surface area contributed by atoms with Crippen molar-refractivity contribution >= 4 is 17.7 Å². The molecule has 1 aromatic heterocycles. The van der Waals surface area contributed by atoms with Crippen molar-refractivity contribution < 1.29 is 4.74 Å². The minimum Gasteiger partial charge on any atom is -0.495 e. The summed E-state index contributed by atoms with van der Waals surface area (Å²) in [6.45, 7) is 3.99. The lowest BCUT2D eigenvalue weighted by Crippen LogP contribution is -2.31. The van der Waals surface area contributed by atoms with E-state index in [0.29, 0.717) is 11.6 Å². The molecule has 0 N–H and O–H groups in total. The van der Waals surface area contributed by atoms with E-state index in [1.54, 1.807) is 7.11 Å². The molecular formula is C24H27N5OS. The van der Waals surface area contributed by atoms with Gasteiger partial charge >= 0.3 is 0 Å². The van der Waals surface area contributed by atoms with Gasteiger partial charge in [-0.05, 0) is 50.3 Å². The molecule has 4 rings (SSSR count). The van der Waals surface area contributed by atoms with E-state index in [4.69, 9.17) is 4.74 Å². The third-order valence-electron chi connectivity index (χ3n) is 5.51. The van der Waals surface area contributed by atoms with Gasteiger partial charge in [0, 0.05) is 13.1 Å². The predicted octanol–water partition coefficient (Wildman–Crippen LogP) is 4.80. The number of hydrogen-bond acceptors (Lipinski definition) is 6. The molecule has 1 unspecified atom stereocenters. The molecule has 1 aliphatic rings. The second kappa shape index (κ2) is 9.88. The minimum atomic E-state index is -0.269. The Kier molecular flexibility index (Phi) is 6.78. The fourth-order valence-corrected chi connectivity index (χ4v) is 4.80. The largest absolute Gasteiger partial charge is 0.495 e. The Morgan fingerprint density at radius 3 is 2.52 bits per heavy atom. The number of methoxy groups -OCH3 is 1. The molecule has 1 saturated heterocycles. The maximum absolute atomic E-state index is 9.86. The standard InChI is InChI=1S/C24H27N5OS/c1-18-10-12-19(13-11-18)16-20(17-25)31-24-27-26-23(28-14-6-3-7-15-28)29(24)21-8-4-5-9-22(21)30-2/h4-5,8-13,20H,3,6-7,14-16H2,1-2H3. The van der Waals surface area contributed by atoms with Crippen LogP contribution in [0.4, 0.5) is 5.95 Å². The second-order valence-corrected chi connectivity index (χ2v) is 8.93. The van der Waals surface area contributed by atoms with Crippen molar-refractivity contribution in [3.63, 3.8) is 0 Å². The molecule has 3 aromatic rings. The van der Waals surface area contributed by atoms with Gasteiger partial charge < -0.3 is 9.64 Å². The van der Waals surface area contributed by atoms with Gasteiger partial charge in [0.25, 0.3) is 0 Å². The lowest BCUT2D eigenvalue weighted by Gasteiger charge is -2.28. The molecule has 7 heteroatoms. The average Bonchev–Trinajstić information content (AvgIpc) is 3.23. The van der Waals surface area contributed by atoms with Crippen molar-refractivity contribution in [3.8, 4) is 17.5 Å². The first-order chi connectivity index (χ1) is 15.2. The van der Waals surface area contributed by atoms with E-state index in [1.165, 1.54) is 23.7 Å². The van der Waals surface area contributed by atoms with Gasteiger partial charge in [0.15, 0.2) is 5.16 Å². The summed E-state index contributed by atoms with van der Waals surface area (Å²) >= 11 is 1.46. The Balaban J connectivity index is 1.68. The molecule has 0 bridgehead atoms. The fraction of sp³-hybridized carbons (Fsp3) is 0.375. The van der Waals surface area contributed by atoms with E-state index >= 15 is 0 Å². The summed E-state index contributed by atoms with van der Waals surface area (Å²) in [7, 11) is 1.67. The molecular weight excluding hydrogens is 406 g/mol.